The topological polar surface area (TPSA) is 24.9 Å². The fraction of sp³-hybridized carbons (Fsp3) is 0.0833. The minimum Gasteiger partial charge on any atom is -0.337 e. The molecule has 1 heterocycles. The number of pyridine rings is 1. The summed E-state index contributed by atoms with van der Waals surface area (Å²) in [6, 6.07) is 7.47. The number of halogens is 4. The van der Waals surface area contributed by atoms with Gasteiger partial charge in [-0.25, -0.2) is 9.37 Å². The van der Waals surface area contributed by atoms with Crippen LogP contribution >= 0.6 is 23.4 Å². The maximum atomic E-state index is 13.6. The Bertz CT molecular complexity index is 581. The van der Waals surface area contributed by atoms with Crippen molar-refractivity contribution in [2.75, 3.05) is 5.32 Å². The fourth-order valence-corrected chi connectivity index (χ4v) is 2.14. The van der Waals surface area contributed by atoms with Crippen LogP contribution in [0.5, 0.6) is 0 Å². The number of nitrogens with one attached hydrogen (secondary N) is 1. The van der Waals surface area contributed by atoms with Gasteiger partial charge in [-0.05, 0) is 18.2 Å². The zero-order valence-corrected chi connectivity index (χ0v) is 11.0. The van der Waals surface area contributed by atoms with E-state index in [1.165, 1.54) is 12.3 Å². The van der Waals surface area contributed by atoms with Crippen molar-refractivity contribution in [3.05, 3.63) is 47.4 Å². The molecular weight excluding hydrogens is 297 g/mol. The van der Waals surface area contributed by atoms with Crippen LogP contribution in [0.2, 0.25) is 5.02 Å². The third-order valence-electron chi connectivity index (χ3n) is 2.16. The van der Waals surface area contributed by atoms with Crippen molar-refractivity contribution < 1.29 is 13.2 Å². The van der Waals surface area contributed by atoms with E-state index in [1.54, 1.807) is 18.2 Å². The van der Waals surface area contributed by atoms with Crippen LogP contribution in [0.25, 0.3) is 0 Å². The zero-order valence-electron chi connectivity index (χ0n) is 9.41. The van der Waals surface area contributed by atoms with Gasteiger partial charge in [0.1, 0.15) is 0 Å². The van der Waals surface area contributed by atoms with Gasteiger partial charge < -0.3 is 5.32 Å². The monoisotopic (exact) mass is 304 g/mol. The lowest BCUT2D eigenvalue weighted by atomic mass is 10.3. The molecule has 19 heavy (non-hydrogen) atoms. The fourth-order valence-electron chi connectivity index (χ4n) is 1.40. The van der Waals surface area contributed by atoms with Crippen LogP contribution in [0.15, 0.2) is 41.4 Å². The molecular formula is C12H8ClF3N2S. The molecule has 1 aromatic heterocycles. The molecule has 0 unspecified atom stereocenters. The maximum Gasteiger partial charge on any atom is 0.288 e. The van der Waals surface area contributed by atoms with E-state index in [0.29, 0.717) is 22.3 Å². The molecule has 7 heteroatoms. The van der Waals surface area contributed by atoms with Crippen LogP contribution < -0.4 is 5.32 Å². The summed E-state index contributed by atoms with van der Waals surface area (Å²) in [4.78, 5) is 4.09. The van der Waals surface area contributed by atoms with Gasteiger partial charge in [-0.2, -0.15) is 8.78 Å². The summed E-state index contributed by atoms with van der Waals surface area (Å²) in [5.74, 6) is -3.26. The van der Waals surface area contributed by atoms with Crippen LogP contribution in [-0.2, 0) is 0 Å². The Morgan fingerprint density at radius 3 is 2.68 bits per heavy atom. The Hall–Kier alpha value is -1.40. The van der Waals surface area contributed by atoms with Gasteiger partial charge in [-0.15, -0.1) is 0 Å². The molecule has 1 N–H and O–H groups in total. The molecule has 0 aliphatic rings. The number of anilines is 2. The highest BCUT2D eigenvalue weighted by Gasteiger charge is 2.12. The number of alkyl halides is 2. The van der Waals surface area contributed by atoms with Crippen LogP contribution in [-0.4, -0.2) is 10.7 Å². The molecule has 0 fully saturated rings. The molecule has 2 nitrogen and oxygen atoms in total. The minimum atomic E-state index is -2.55. The van der Waals surface area contributed by atoms with E-state index in [9.17, 15) is 13.2 Å². The second-order valence-electron chi connectivity index (χ2n) is 3.48. The van der Waals surface area contributed by atoms with E-state index in [0.717, 1.165) is 6.07 Å². The third-order valence-corrected chi connectivity index (χ3v) is 3.16. The number of para-hydroxylation sites is 1. The third kappa shape index (κ3) is 3.78. The number of hydrogen-bond donors (Lipinski definition) is 1. The molecule has 0 saturated carbocycles. The van der Waals surface area contributed by atoms with E-state index in [4.69, 9.17) is 11.6 Å². The number of thioether (sulfide) groups is 1. The van der Waals surface area contributed by atoms with Gasteiger partial charge in [-0.3, -0.25) is 0 Å². The number of nitrogens with zero attached hydrogens (tertiary/aromatic N) is 1. The molecule has 100 valence electrons. The molecule has 0 saturated heterocycles. The SMILES string of the molecule is Fc1cc(Cl)cnc1Nc1ccccc1SC(F)F. The Morgan fingerprint density at radius 2 is 2.00 bits per heavy atom. The zero-order chi connectivity index (χ0) is 13.8. The highest BCUT2D eigenvalue weighted by molar-refractivity contribution is 7.99. The average Bonchev–Trinajstić information content (AvgIpc) is 2.34. The van der Waals surface area contributed by atoms with E-state index in [2.05, 4.69) is 10.3 Å². The summed E-state index contributed by atoms with van der Waals surface area (Å²) in [5.41, 5.74) is 0.363. The highest BCUT2D eigenvalue weighted by atomic mass is 35.5. The standard InChI is InChI=1S/C12H8ClF3N2S/c13-7-5-8(14)11(17-6-7)18-9-3-1-2-4-10(9)19-12(15)16/h1-6,12H,(H,17,18). The molecule has 0 amide bonds. The quantitative estimate of drug-likeness (QED) is 0.810. The van der Waals surface area contributed by atoms with Crippen LogP contribution in [0.4, 0.5) is 24.7 Å². The first-order chi connectivity index (χ1) is 9.06. The maximum absolute atomic E-state index is 13.6. The summed E-state index contributed by atoms with van der Waals surface area (Å²) in [5, 5.41) is 2.84. The number of benzene rings is 1. The van der Waals surface area contributed by atoms with Crippen molar-refractivity contribution in [3.63, 3.8) is 0 Å². The Morgan fingerprint density at radius 1 is 1.26 bits per heavy atom. The normalized spacial score (nSPS) is 10.8. The summed E-state index contributed by atoms with van der Waals surface area (Å²) in [6.07, 6.45) is 1.27. The number of hydrogen-bond acceptors (Lipinski definition) is 3. The first kappa shape index (κ1) is 14.0. The van der Waals surface area contributed by atoms with Gasteiger partial charge >= 0.3 is 0 Å². The summed E-state index contributed by atoms with van der Waals surface area (Å²) >= 11 is 5.97. The average molecular weight is 305 g/mol. The first-order valence-corrected chi connectivity index (χ1v) is 6.44. The van der Waals surface area contributed by atoms with Crippen molar-refractivity contribution in [1.29, 1.82) is 0 Å². The molecule has 1 aromatic carbocycles. The predicted octanol–water partition coefficient (Wildman–Crippen LogP) is 4.93. The molecule has 0 aliphatic heterocycles. The predicted molar refractivity (Wildman–Crippen MR) is 70.8 cm³/mol. The van der Waals surface area contributed by atoms with Gasteiger partial charge in [0.15, 0.2) is 11.6 Å². The molecule has 0 atom stereocenters. The molecule has 2 rings (SSSR count). The van der Waals surface area contributed by atoms with Crippen LogP contribution in [0.3, 0.4) is 0 Å². The van der Waals surface area contributed by atoms with Crippen molar-refractivity contribution in [3.8, 4) is 0 Å². The van der Waals surface area contributed by atoms with E-state index in [1.807, 2.05) is 0 Å². The van der Waals surface area contributed by atoms with Crippen LogP contribution in [0, 0.1) is 5.82 Å². The lowest BCUT2D eigenvalue weighted by Gasteiger charge is -2.11. The van der Waals surface area contributed by atoms with Crippen molar-refractivity contribution in [2.45, 2.75) is 10.7 Å². The van der Waals surface area contributed by atoms with E-state index < -0.39 is 11.6 Å². The second-order valence-corrected chi connectivity index (χ2v) is 4.95. The number of aromatic nitrogens is 1. The van der Waals surface area contributed by atoms with Gasteiger partial charge in [0, 0.05) is 11.1 Å². The highest BCUT2D eigenvalue weighted by Crippen LogP contribution is 2.33. The summed E-state index contributed by atoms with van der Waals surface area (Å²) in [6.45, 7) is 0. The van der Waals surface area contributed by atoms with Crippen molar-refractivity contribution in [1.82, 2.24) is 4.98 Å². The number of rotatable bonds is 4. The Kier molecular flexibility index (Phi) is 4.55. The largest absolute Gasteiger partial charge is 0.337 e. The molecule has 0 radical (unpaired) electrons. The van der Waals surface area contributed by atoms with Gasteiger partial charge in [0.05, 0.1) is 10.7 Å². The van der Waals surface area contributed by atoms with Crippen molar-refractivity contribution in [2.24, 2.45) is 0 Å². The lowest BCUT2D eigenvalue weighted by molar-refractivity contribution is 0.252. The molecule has 0 spiro atoms. The Labute approximate surface area is 117 Å². The Balaban J connectivity index is 2.27. The smallest absolute Gasteiger partial charge is 0.288 e. The van der Waals surface area contributed by atoms with Gasteiger partial charge in [-0.1, -0.05) is 35.5 Å². The van der Waals surface area contributed by atoms with Gasteiger partial charge in [0.2, 0.25) is 0 Å². The second kappa shape index (κ2) is 6.16. The molecule has 0 bridgehead atoms. The first-order valence-electron chi connectivity index (χ1n) is 5.18. The van der Waals surface area contributed by atoms with Crippen LogP contribution in [0.1, 0.15) is 0 Å². The van der Waals surface area contributed by atoms with Crippen molar-refractivity contribution >= 4 is 34.9 Å². The minimum absolute atomic E-state index is 0.0632. The summed E-state index contributed by atoms with van der Waals surface area (Å²) < 4.78 is 38.4. The lowest BCUT2D eigenvalue weighted by Crippen LogP contribution is -1.98. The summed E-state index contributed by atoms with van der Waals surface area (Å²) in [7, 11) is 0. The van der Waals surface area contributed by atoms with E-state index in [-0.39, 0.29) is 10.8 Å². The van der Waals surface area contributed by atoms with E-state index >= 15 is 0 Å². The molecule has 0 aliphatic carbocycles. The van der Waals surface area contributed by atoms with Gasteiger partial charge in [0.25, 0.3) is 5.76 Å². The molecule has 2 aromatic rings.